The van der Waals surface area contributed by atoms with Crippen molar-refractivity contribution in [2.45, 2.75) is 88.9 Å². The number of hydrogen-bond acceptors (Lipinski definition) is 6. The molecule has 0 aliphatic heterocycles. The van der Waals surface area contributed by atoms with Gasteiger partial charge in [-0.3, -0.25) is 0 Å². The summed E-state index contributed by atoms with van der Waals surface area (Å²) < 4.78 is 68.9. The van der Waals surface area contributed by atoms with Crippen molar-refractivity contribution in [1.29, 1.82) is 0 Å². The number of aryl methyl sites for hydroxylation is 4. The van der Waals surface area contributed by atoms with Crippen LogP contribution in [0.1, 0.15) is 75.6 Å². The molecule has 0 amide bonds. The van der Waals surface area contributed by atoms with Gasteiger partial charge in [0.05, 0.1) is 9.79 Å². The number of hydrogen-bond donors (Lipinski definition) is 0. The first-order chi connectivity index (χ1) is 18.9. The molecule has 0 radical (unpaired) electrons. The Morgan fingerprint density at radius 2 is 0.829 bits per heavy atom. The van der Waals surface area contributed by atoms with Crippen molar-refractivity contribution < 1.29 is 25.9 Å². The molecule has 4 aromatic rings. The summed E-state index contributed by atoms with van der Waals surface area (Å²) in [5.41, 5.74) is 3.45. The van der Waals surface area contributed by atoms with Crippen LogP contribution in [0.15, 0.2) is 70.5 Å². The van der Waals surface area contributed by atoms with Gasteiger partial charge in [0, 0.05) is 0 Å². The van der Waals surface area contributed by atoms with Crippen LogP contribution in [-0.4, -0.2) is 63.7 Å². The van der Waals surface area contributed by atoms with Gasteiger partial charge in [0.25, 0.3) is 0 Å². The summed E-state index contributed by atoms with van der Waals surface area (Å²) in [6, 6.07) is 18.7. The first-order valence-corrected chi connectivity index (χ1v) is 16.8. The van der Waals surface area contributed by atoms with Crippen LogP contribution < -0.4 is 0 Å². The molecule has 0 aliphatic carbocycles. The van der Waals surface area contributed by atoms with Gasteiger partial charge in [-0.25, -0.2) is 16.8 Å². The maximum absolute atomic E-state index is 11.5. The van der Waals surface area contributed by atoms with Gasteiger partial charge in [-0.1, -0.05) is 89.8 Å². The molecular weight excluding hydrogens is 585 g/mol. The van der Waals surface area contributed by atoms with Crippen molar-refractivity contribution in [3.05, 3.63) is 82.9 Å². The summed E-state index contributed by atoms with van der Waals surface area (Å²) in [6.07, 6.45) is 6.54. The van der Waals surface area contributed by atoms with Crippen LogP contribution in [-0.2, 0) is 45.9 Å². The molecule has 0 unspecified atom stereocenters. The van der Waals surface area contributed by atoms with E-state index in [0.29, 0.717) is 24.0 Å². The third kappa shape index (κ3) is 9.23. The minimum atomic E-state index is -4.43. The summed E-state index contributed by atoms with van der Waals surface area (Å²) in [5.74, 6) is 0. The maximum Gasteiger partial charge on any atom is 2.00 e. The third-order valence-electron chi connectivity index (χ3n) is 6.92. The molecule has 4 rings (SSSR count). The van der Waals surface area contributed by atoms with Crippen LogP contribution in [0.3, 0.4) is 0 Å². The molecule has 0 aliphatic rings. The zero-order valence-corrected chi connectivity index (χ0v) is 28.2. The molecular formula is C32H38CaO6S2. The molecule has 216 valence electrons. The fraction of sp³-hybridized carbons (Fsp3) is 0.375. The third-order valence-corrected chi connectivity index (χ3v) is 8.76. The van der Waals surface area contributed by atoms with E-state index in [2.05, 4.69) is 13.8 Å². The van der Waals surface area contributed by atoms with Crippen LogP contribution in [0, 0.1) is 0 Å². The normalized spacial score (nSPS) is 11.7. The summed E-state index contributed by atoms with van der Waals surface area (Å²) in [6.45, 7) is 8.10. The number of benzene rings is 4. The smallest absolute Gasteiger partial charge is 0.744 e. The monoisotopic (exact) mass is 622 g/mol. The molecule has 41 heavy (non-hydrogen) atoms. The molecule has 0 heterocycles. The fourth-order valence-corrected chi connectivity index (χ4v) is 6.69. The molecule has 0 aromatic heterocycles. The Hall–Kier alpha value is -1.52. The Morgan fingerprint density at radius 3 is 1.12 bits per heavy atom. The molecule has 6 nitrogen and oxygen atoms in total. The summed E-state index contributed by atoms with van der Waals surface area (Å²) in [4.78, 5) is -0.120. The Morgan fingerprint density at radius 1 is 0.512 bits per heavy atom. The summed E-state index contributed by atoms with van der Waals surface area (Å²) >= 11 is 0. The minimum absolute atomic E-state index is 0. The van der Waals surface area contributed by atoms with Crippen molar-refractivity contribution >= 4 is 79.5 Å². The van der Waals surface area contributed by atoms with E-state index < -0.39 is 20.2 Å². The van der Waals surface area contributed by atoms with Gasteiger partial charge in [0.2, 0.25) is 0 Å². The van der Waals surface area contributed by atoms with E-state index in [4.69, 9.17) is 0 Å². The van der Waals surface area contributed by atoms with E-state index in [9.17, 15) is 25.9 Å². The molecule has 9 heteroatoms. The van der Waals surface area contributed by atoms with Crippen LogP contribution >= 0.6 is 0 Å². The maximum atomic E-state index is 11.5. The van der Waals surface area contributed by atoms with Crippen LogP contribution in [0.2, 0.25) is 0 Å². The van der Waals surface area contributed by atoms with E-state index in [1.807, 2.05) is 62.4 Å². The first kappa shape index (κ1) is 35.7. The van der Waals surface area contributed by atoms with Gasteiger partial charge in [-0.05, 0) is 93.7 Å². The van der Waals surface area contributed by atoms with E-state index in [0.717, 1.165) is 71.2 Å². The van der Waals surface area contributed by atoms with E-state index >= 15 is 0 Å². The predicted molar refractivity (Wildman–Crippen MR) is 166 cm³/mol. The molecule has 0 atom stereocenters. The zero-order valence-electron chi connectivity index (χ0n) is 24.4. The van der Waals surface area contributed by atoms with Crippen LogP contribution in [0.5, 0.6) is 0 Å². The molecule has 0 saturated heterocycles. The van der Waals surface area contributed by atoms with Gasteiger partial charge >= 0.3 is 37.7 Å². The van der Waals surface area contributed by atoms with Gasteiger partial charge in [0.15, 0.2) is 0 Å². The van der Waals surface area contributed by atoms with Crippen molar-refractivity contribution in [3.8, 4) is 0 Å². The van der Waals surface area contributed by atoms with Crippen molar-refractivity contribution in [2.75, 3.05) is 0 Å². The Kier molecular flexibility index (Phi) is 13.8. The minimum Gasteiger partial charge on any atom is -0.744 e. The van der Waals surface area contributed by atoms with Crippen molar-refractivity contribution in [1.82, 2.24) is 0 Å². The second kappa shape index (κ2) is 15.8. The predicted octanol–water partition coefficient (Wildman–Crippen LogP) is 6.92. The van der Waals surface area contributed by atoms with Crippen LogP contribution in [0.4, 0.5) is 0 Å². The zero-order chi connectivity index (χ0) is 29.5. The largest absolute Gasteiger partial charge is 2.00 e. The van der Waals surface area contributed by atoms with Gasteiger partial charge in [-0.15, -0.1) is 0 Å². The van der Waals surface area contributed by atoms with E-state index in [1.165, 1.54) is 0 Å². The number of fused-ring (bicyclic) bond motifs is 2. The summed E-state index contributed by atoms with van der Waals surface area (Å²) in [5, 5.41) is 3.77. The number of rotatable bonds is 10. The van der Waals surface area contributed by atoms with Gasteiger partial charge in [0.1, 0.15) is 20.2 Å². The van der Waals surface area contributed by atoms with Gasteiger partial charge < -0.3 is 9.11 Å². The average Bonchev–Trinajstić information content (AvgIpc) is 2.88. The second-order valence-electron chi connectivity index (χ2n) is 10.1. The van der Waals surface area contributed by atoms with Crippen molar-refractivity contribution in [3.63, 3.8) is 0 Å². The Labute approximate surface area is 275 Å². The first-order valence-electron chi connectivity index (χ1n) is 13.9. The Bertz CT molecular complexity index is 1570. The molecule has 4 aromatic carbocycles. The average molecular weight is 623 g/mol. The molecule has 0 N–H and O–H groups in total. The SMILES string of the molecule is CCCc1cc2cccc(CCC)c2cc1S(=O)(=O)[O-].CCCc1cc2cccc(CCC)c2cc1S(=O)(=O)[O-].[Ca+2]. The standard InChI is InChI=1S/2C16H20O3S.Ca/c2*1-3-6-12-8-5-9-13-10-14(7-4-2)16(11-15(12)13)20(17,18)19;/h2*5,8-11H,3-4,6-7H2,1-2H3,(H,17,18,19);/q;;+2/p-2. The topological polar surface area (TPSA) is 114 Å². The molecule has 0 spiro atoms. The van der Waals surface area contributed by atoms with E-state index in [1.54, 1.807) is 12.1 Å². The Balaban J connectivity index is 0.000000280. The van der Waals surface area contributed by atoms with Crippen LogP contribution in [0.25, 0.3) is 21.5 Å². The fourth-order valence-electron chi connectivity index (χ4n) is 5.20. The summed E-state index contributed by atoms with van der Waals surface area (Å²) in [7, 11) is -8.86. The van der Waals surface area contributed by atoms with Crippen molar-refractivity contribution in [2.24, 2.45) is 0 Å². The molecule has 0 bridgehead atoms. The quantitative estimate of drug-likeness (QED) is 0.140. The molecule has 0 saturated carbocycles. The molecule has 0 fully saturated rings. The van der Waals surface area contributed by atoms with Gasteiger partial charge in [-0.2, -0.15) is 0 Å². The second-order valence-corrected chi connectivity index (χ2v) is 12.8. The van der Waals surface area contributed by atoms with E-state index in [-0.39, 0.29) is 47.5 Å².